The fourth-order valence-electron chi connectivity index (χ4n) is 1.90. The van der Waals surface area contributed by atoms with Gasteiger partial charge in [0.2, 0.25) is 0 Å². The first kappa shape index (κ1) is 13.5. The van der Waals surface area contributed by atoms with Gasteiger partial charge in [0, 0.05) is 10.7 Å². The molecule has 20 heavy (non-hydrogen) atoms. The van der Waals surface area contributed by atoms with Gasteiger partial charge in [0.1, 0.15) is 5.01 Å². The van der Waals surface area contributed by atoms with Gasteiger partial charge in [-0.1, -0.05) is 23.7 Å². The van der Waals surface area contributed by atoms with E-state index in [0.29, 0.717) is 21.4 Å². The monoisotopic (exact) mass is 322 g/mol. The summed E-state index contributed by atoms with van der Waals surface area (Å²) in [4.78, 5) is 5.09. The first-order valence-corrected chi connectivity index (χ1v) is 8.42. The maximum absolute atomic E-state index is 12.4. The lowest BCUT2D eigenvalue weighted by Gasteiger charge is -2.04. The average Bonchev–Trinajstić information content (AvgIpc) is 2.80. The number of nitrogen functional groups attached to an aromatic ring is 1. The standard InChI is InChI=1S/C14H11ClN2OS2/c15-9-5-6-13(10(16)7-9)20(18)8-14-17-11-3-1-2-4-12(11)19-14/h1-7H,8,16H2. The second kappa shape index (κ2) is 5.52. The third kappa shape index (κ3) is 2.70. The summed E-state index contributed by atoms with van der Waals surface area (Å²) in [5.41, 5.74) is 7.25. The quantitative estimate of drug-likeness (QED) is 0.745. The zero-order valence-corrected chi connectivity index (χ0v) is 12.8. The van der Waals surface area contributed by atoms with E-state index in [9.17, 15) is 4.21 Å². The number of thiazole rings is 1. The van der Waals surface area contributed by atoms with Crippen LogP contribution in [0.25, 0.3) is 10.2 Å². The second-order valence-electron chi connectivity index (χ2n) is 4.25. The molecule has 2 N–H and O–H groups in total. The molecule has 2 aromatic carbocycles. The summed E-state index contributed by atoms with van der Waals surface area (Å²) in [5, 5.41) is 1.39. The van der Waals surface area contributed by atoms with Crippen molar-refractivity contribution in [2.75, 3.05) is 5.73 Å². The Labute approximate surface area is 127 Å². The Morgan fingerprint density at radius 2 is 2.05 bits per heavy atom. The van der Waals surface area contributed by atoms with Crippen molar-refractivity contribution in [3.05, 3.63) is 52.5 Å². The fourth-order valence-corrected chi connectivity index (χ4v) is 4.38. The van der Waals surface area contributed by atoms with Gasteiger partial charge in [-0.15, -0.1) is 11.3 Å². The molecule has 0 saturated heterocycles. The van der Waals surface area contributed by atoms with Gasteiger partial charge < -0.3 is 5.73 Å². The van der Waals surface area contributed by atoms with E-state index >= 15 is 0 Å². The first-order valence-electron chi connectivity index (χ1n) is 5.91. The lowest BCUT2D eigenvalue weighted by molar-refractivity contribution is 0.683. The Morgan fingerprint density at radius 3 is 2.80 bits per heavy atom. The van der Waals surface area contributed by atoms with Gasteiger partial charge in [-0.25, -0.2) is 4.98 Å². The van der Waals surface area contributed by atoms with E-state index in [-0.39, 0.29) is 0 Å². The van der Waals surface area contributed by atoms with Crippen LogP contribution in [0.2, 0.25) is 5.02 Å². The van der Waals surface area contributed by atoms with Crippen LogP contribution >= 0.6 is 22.9 Å². The molecule has 1 aromatic heterocycles. The predicted molar refractivity (Wildman–Crippen MR) is 85.6 cm³/mol. The summed E-state index contributed by atoms with van der Waals surface area (Å²) >= 11 is 7.40. The van der Waals surface area contributed by atoms with Crippen LogP contribution in [-0.2, 0) is 16.6 Å². The van der Waals surface area contributed by atoms with Crippen LogP contribution in [-0.4, -0.2) is 9.19 Å². The minimum absolute atomic E-state index is 0.366. The summed E-state index contributed by atoms with van der Waals surface area (Å²) in [6, 6.07) is 12.9. The molecule has 102 valence electrons. The van der Waals surface area contributed by atoms with Gasteiger partial charge in [0.05, 0.1) is 31.7 Å². The van der Waals surface area contributed by atoms with Crippen LogP contribution in [0.3, 0.4) is 0 Å². The highest BCUT2D eigenvalue weighted by molar-refractivity contribution is 7.84. The number of fused-ring (bicyclic) bond motifs is 1. The molecule has 1 atom stereocenters. The SMILES string of the molecule is Nc1cc(Cl)ccc1S(=O)Cc1nc2ccccc2s1. The Bertz CT molecular complexity index is 768. The average molecular weight is 323 g/mol. The molecule has 0 bridgehead atoms. The number of rotatable bonds is 3. The maximum atomic E-state index is 12.4. The third-order valence-corrected chi connectivity index (χ3v) is 5.66. The summed E-state index contributed by atoms with van der Waals surface area (Å²) in [6.07, 6.45) is 0. The number of hydrogen-bond acceptors (Lipinski definition) is 4. The van der Waals surface area contributed by atoms with E-state index in [0.717, 1.165) is 15.2 Å². The molecule has 0 aliphatic carbocycles. The van der Waals surface area contributed by atoms with Crippen LogP contribution in [0.4, 0.5) is 5.69 Å². The lowest BCUT2D eigenvalue weighted by Crippen LogP contribution is -2.00. The van der Waals surface area contributed by atoms with Gasteiger partial charge in [-0.2, -0.15) is 0 Å². The van der Waals surface area contributed by atoms with Gasteiger partial charge in [0.25, 0.3) is 0 Å². The Kier molecular flexibility index (Phi) is 3.74. The normalized spacial score (nSPS) is 12.7. The third-order valence-electron chi connectivity index (χ3n) is 2.81. The molecular formula is C14H11ClN2OS2. The molecule has 0 spiro atoms. The van der Waals surface area contributed by atoms with Crippen molar-refractivity contribution < 1.29 is 4.21 Å². The van der Waals surface area contributed by atoms with Crippen molar-refractivity contribution in [3.63, 3.8) is 0 Å². The minimum Gasteiger partial charge on any atom is -0.398 e. The van der Waals surface area contributed by atoms with Crippen LogP contribution in [0.1, 0.15) is 5.01 Å². The molecule has 0 aliphatic rings. The van der Waals surface area contributed by atoms with Crippen molar-refractivity contribution in [3.8, 4) is 0 Å². The largest absolute Gasteiger partial charge is 0.398 e. The van der Waals surface area contributed by atoms with E-state index in [1.54, 1.807) is 29.5 Å². The Balaban J connectivity index is 1.88. The van der Waals surface area contributed by atoms with Crippen LogP contribution in [0.15, 0.2) is 47.4 Å². The fraction of sp³-hybridized carbons (Fsp3) is 0.0714. The smallest absolute Gasteiger partial charge is 0.107 e. The van der Waals surface area contributed by atoms with Crippen molar-refractivity contribution in [2.24, 2.45) is 0 Å². The maximum Gasteiger partial charge on any atom is 0.107 e. The van der Waals surface area contributed by atoms with Crippen molar-refractivity contribution in [1.82, 2.24) is 4.98 Å². The Hall–Kier alpha value is -1.43. The zero-order valence-electron chi connectivity index (χ0n) is 10.4. The molecule has 6 heteroatoms. The highest BCUT2D eigenvalue weighted by Crippen LogP contribution is 2.26. The van der Waals surface area contributed by atoms with Crippen molar-refractivity contribution in [1.29, 1.82) is 0 Å². The summed E-state index contributed by atoms with van der Waals surface area (Å²) in [7, 11) is -1.22. The Morgan fingerprint density at radius 1 is 1.25 bits per heavy atom. The predicted octanol–water partition coefficient (Wildman–Crippen LogP) is 3.84. The molecule has 3 aromatic rings. The van der Waals surface area contributed by atoms with Crippen LogP contribution in [0, 0.1) is 0 Å². The molecule has 1 unspecified atom stereocenters. The number of para-hydroxylation sites is 1. The molecule has 0 fully saturated rings. The molecule has 3 nitrogen and oxygen atoms in total. The van der Waals surface area contributed by atoms with Crippen LogP contribution in [0.5, 0.6) is 0 Å². The first-order chi connectivity index (χ1) is 9.63. The zero-order chi connectivity index (χ0) is 14.1. The molecule has 0 amide bonds. The van der Waals surface area contributed by atoms with Gasteiger partial charge in [-0.3, -0.25) is 4.21 Å². The molecule has 3 rings (SSSR count). The van der Waals surface area contributed by atoms with Crippen molar-refractivity contribution >= 4 is 49.6 Å². The number of anilines is 1. The number of nitrogens with two attached hydrogens (primary N) is 1. The second-order valence-corrected chi connectivity index (χ2v) is 7.22. The number of nitrogens with zero attached hydrogens (tertiary/aromatic N) is 1. The summed E-state index contributed by atoms with van der Waals surface area (Å²) < 4.78 is 13.5. The van der Waals surface area contributed by atoms with E-state index in [4.69, 9.17) is 17.3 Å². The van der Waals surface area contributed by atoms with Crippen molar-refractivity contribution in [2.45, 2.75) is 10.6 Å². The highest BCUT2D eigenvalue weighted by atomic mass is 35.5. The van der Waals surface area contributed by atoms with E-state index < -0.39 is 10.8 Å². The topological polar surface area (TPSA) is 56.0 Å². The highest BCUT2D eigenvalue weighted by Gasteiger charge is 2.12. The van der Waals surface area contributed by atoms with Crippen LogP contribution < -0.4 is 5.73 Å². The molecule has 0 saturated carbocycles. The summed E-state index contributed by atoms with van der Waals surface area (Å²) in [5.74, 6) is 0.366. The lowest BCUT2D eigenvalue weighted by atomic mass is 10.3. The van der Waals surface area contributed by atoms with E-state index in [1.807, 2.05) is 24.3 Å². The van der Waals surface area contributed by atoms with Gasteiger partial charge in [0.15, 0.2) is 0 Å². The molecule has 1 heterocycles. The van der Waals surface area contributed by atoms with Gasteiger partial charge in [-0.05, 0) is 30.3 Å². The van der Waals surface area contributed by atoms with E-state index in [1.165, 1.54) is 0 Å². The number of halogens is 1. The molecular weight excluding hydrogens is 312 g/mol. The summed E-state index contributed by atoms with van der Waals surface area (Å²) in [6.45, 7) is 0. The van der Waals surface area contributed by atoms with E-state index in [2.05, 4.69) is 4.98 Å². The molecule has 0 aliphatic heterocycles. The number of aromatic nitrogens is 1. The number of benzene rings is 2. The van der Waals surface area contributed by atoms with Gasteiger partial charge >= 0.3 is 0 Å². The minimum atomic E-state index is -1.22. The molecule has 0 radical (unpaired) electrons. The number of hydrogen-bond donors (Lipinski definition) is 1.